The first kappa shape index (κ1) is 23.0. The van der Waals surface area contributed by atoms with Crippen molar-refractivity contribution in [1.29, 1.82) is 0 Å². The van der Waals surface area contributed by atoms with Gasteiger partial charge < -0.3 is 24.0 Å². The number of carbonyl (C=O) groups excluding carboxylic acids is 1. The summed E-state index contributed by atoms with van der Waals surface area (Å²) in [5.74, 6) is 1.67. The fourth-order valence-corrected chi connectivity index (χ4v) is 3.71. The van der Waals surface area contributed by atoms with Crippen LogP contribution in [0.5, 0.6) is 17.2 Å². The molecule has 3 rings (SSSR count). The lowest BCUT2D eigenvalue weighted by molar-refractivity contribution is 0.0828. The molecule has 0 bridgehead atoms. The number of hydrogen-bond donors (Lipinski definition) is 0. The minimum absolute atomic E-state index is 0.0518. The molecular weight excluding hydrogens is 404 g/mol. The quantitative estimate of drug-likeness (QED) is 0.496. The van der Waals surface area contributed by atoms with Crippen LogP contribution in [-0.2, 0) is 6.54 Å². The second-order valence-corrected chi connectivity index (χ2v) is 7.62. The standard InChI is InChI=1S/C26H30N2O4/c1-18-11-7-9-13-21(18)28(22-14-10-8-12-20(22)26(29)27(2)3)17-19-15-23(30-4)25(32-6)24(16-19)31-5/h7-16H,17H2,1-6H3. The SMILES string of the molecule is COc1cc(CN(c2ccccc2C)c2ccccc2C(=O)N(C)C)cc(OC)c1OC. The van der Waals surface area contributed by atoms with Crippen molar-refractivity contribution in [2.75, 3.05) is 40.3 Å². The summed E-state index contributed by atoms with van der Waals surface area (Å²) in [7, 11) is 8.31. The number of para-hydroxylation sites is 2. The van der Waals surface area contributed by atoms with Crippen molar-refractivity contribution >= 4 is 17.3 Å². The molecule has 0 aliphatic rings. The highest BCUT2D eigenvalue weighted by Gasteiger charge is 2.22. The number of rotatable bonds is 8. The van der Waals surface area contributed by atoms with Gasteiger partial charge in [0.05, 0.1) is 32.6 Å². The third kappa shape index (κ3) is 4.64. The number of ether oxygens (including phenoxy) is 3. The summed E-state index contributed by atoms with van der Waals surface area (Å²) in [6, 6.07) is 19.7. The molecule has 6 nitrogen and oxygen atoms in total. The largest absolute Gasteiger partial charge is 0.493 e. The lowest BCUT2D eigenvalue weighted by Crippen LogP contribution is -2.26. The Bertz CT molecular complexity index is 1070. The summed E-state index contributed by atoms with van der Waals surface area (Å²) in [6.45, 7) is 2.56. The van der Waals surface area contributed by atoms with Crippen molar-refractivity contribution in [3.63, 3.8) is 0 Å². The van der Waals surface area contributed by atoms with Crippen LogP contribution in [0.4, 0.5) is 11.4 Å². The number of hydrogen-bond acceptors (Lipinski definition) is 5. The Balaban J connectivity index is 2.18. The van der Waals surface area contributed by atoms with Gasteiger partial charge in [-0.05, 0) is 48.4 Å². The normalized spacial score (nSPS) is 10.4. The molecule has 3 aromatic carbocycles. The number of methoxy groups -OCH3 is 3. The van der Waals surface area contributed by atoms with Crippen molar-refractivity contribution in [3.8, 4) is 17.2 Å². The Labute approximate surface area is 189 Å². The van der Waals surface area contributed by atoms with Gasteiger partial charge in [-0.1, -0.05) is 30.3 Å². The second-order valence-electron chi connectivity index (χ2n) is 7.62. The molecule has 3 aromatic rings. The summed E-state index contributed by atoms with van der Waals surface area (Å²) >= 11 is 0. The second kappa shape index (κ2) is 10.1. The predicted molar refractivity (Wildman–Crippen MR) is 128 cm³/mol. The maximum Gasteiger partial charge on any atom is 0.255 e. The lowest BCUT2D eigenvalue weighted by atomic mass is 10.1. The molecule has 1 amide bonds. The smallest absolute Gasteiger partial charge is 0.255 e. The zero-order valence-electron chi connectivity index (χ0n) is 19.5. The molecule has 168 valence electrons. The van der Waals surface area contributed by atoms with E-state index in [2.05, 4.69) is 24.0 Å². The Hall–Kier alpha value is -3.67. The van der Waals surface area contributed by atoms with Gasteiger partial charge in [-0.2, -0.15) is 0 Å². The van der Waals surface area contributed by atoms with Gasteiger partial charge in [0.1, 0.15) is 0 Å². The zero-order chi connectivity index (χ0) is 23.3. The molecule has 6 heteroatoms. The van der Waals surface area contributed by atoms with E-state index in [-0.39, 0.29) is 5.91 Å². The highest BCUT2D eigenvalue weighted by Crippen LogP contribution is 2.40. The maximum absolute atomic E-state index is 13.0. The summed E-state index contributed by atoms with van der Waals surface area (Å²) in [4.78, 5) is 16.7. The highest BCUT2D eigenvalue weighted by atomic mass is 16.5. The molecule has 0 aliphatic heterocycles. The van der Waals surface area contributed by atoms with E-state index in [1.165, 1.54) is 0 Å². The van der Waals surface area contributed by atoms with Crippen LogP contribution in [0, 0.1) is 6.92 Å². The molecule has 0 unspecified atom stereocenters. The van der Waals surface area contributed by atoms with Gasteiger partial charge in [-0.15, -0.1) is 0 Å². The van der Waals surface area contributed by atoms with Gasteiger partial charge in [0.15, 0.2) is 11.5 Å². The minimum atomic E-state index is -0.0518. The van der Waals surface area contributed by atoms with Crippen molar-refractivity contribution < 1.29 is 19.0 Å². The van der Waals surface area contributed by atoms with E-state index in [1.807, 2.05) is 48.5 Å². The Morgan fingerprint density at radius 3 is 1.91 bits per heavy atom. The van der Waals surface area contributed by atoms with Gasteiger partial charge in [0, 0.05) is 26.3 Å². The van der Waals surface area contributed by atoms with Crippen molar-refractivity contribution in [2.24, 2.45) is 0 Å². The molecule has 0 fully saturated rings. The van der Waals surface area contributed by atoms with E-state index in [0.29, 0.717) is 29.4 Å². The van der Waals surface area contributed by atoms with Crippen molar-refractivity contribution in [2.45, 2.75) is 13.5 Å². The van der Waals surface area contributed by atoms with Crippen LogP contribution in [0.25, 0.3) is 0 Å². The van der Waals surface area contributed by atoms with Crippen molar-refractivity contribution in [3.05, 3.63) is 77.4 Å². The number of aryl methyl sites for hydroxylation is 1. The summed E-state index contributed by atoms with van der Waals surface area (Å²) in [5, 5.41) is 0. The Morgan fingerprint density at radius 1 is 0.812 bits per heavy atom. The van der Waals surface area contributed by atoms with E-state index < -0.39 is 0 Å². The maximum atomic E-state index is 13.0. The number of nitrogens with zero attached hydrogens (tertiary/aromatic N) is 2. The first-order valence-electron chi connectivity index (χ1n) is 10.3. The Morgan fingerprint density at radius 2 is 1.38 bits per heavy atom. The molecule has 0 aliphatic carbocycles. The summed E-state index contributed by atoms with van der Waals surface area (Å²) in [5.41, 5.74) is 4.53. The summed E-state index contributed by atoms with van der Waals surface area (Å²) in [6.07, 6.45) is 0. The van der Waals surface area contributed by atoms with Gasteiger partial charge in [-0.3, -0.25) is 4.79 Å². The van der Waals surface area contributed by atoms with E-state index in [0.717, 1.165) is 22.5 Å². The fraction of sp³-hybridized carbons (Fsp3) is 0.269. The van der Waals surface area contributed by atoms with E-state index in [9.17, 15) is 4.79 Å². The third-order valence-electron chi connectivity index (χ3n) is 5.30. The van der Waals surface area contributed by atoms with Gasteiger partial charge >= 0.3 is 0 Å². The highest BCUT2D eigenvalue weighted by molar-refractivity contribution is 6.00. The van der Waals surface area contributed by atoms with Crippen molar-refractivity contribution in [1.82, 2.24) is 4.90 Å². The number of amides is 1. The van der Waals surface area contributed by atoms with Crippen LogP contribution >= 0.6 is 0 Å². The van der Waals surface area contributed by atoms with Crippen LogP contribution in [0.1, 0.15) is 21.5 Å². The first-order chi connectivity index (χ1) is 15.4. The van der Waals surface area contributed by atoms with Crippen LogP contribution in [0.3, 0.4) is 0 Å². The molecule has 0 spiro atoms. The monoisotopic (exact) mass is 434 g/mol. The molecule has 0 atom stereocenters. The molecule has 0 heterocycles. The van der Waals surface area contributed by atoms with Crippen LogP contribution in [0.2, 0.25) is 0 Å². The Kier molecular flexibility index (Phi) is 7.25. The molecule has 0 aromatic heterocycles. The third-order valence-corrected chi connectivity index (χ3v) is 5.30. The molecule has 0 saturated carbocycles. The van der Waals surface area contributed by atoms with Crippen LogP contribution in [0.15, 0.2) is 60.7 Å². The lowest BCUT2D eigenvalue weighted by Gasteiger charge is -2.29. The average molecular weight is 435 g/mol. The van der Waals surface area contributed by atoms with Crippen LogP contribution in [-0.4, -0.2) is 46.2 Å². The predicted octanol–water partition coefficient (Wildman–Crippen LogP) is 5.06. The van der Waals surface area contributed by atoms with E-state index >= 15 is 0 Å². The van der Waals surface area contributed by atoms with E-state index in [4.69, 9.17) is 14.2 Å². The van der Waals surface area contributed by atoms with Gasteiger partial charge in [-0.25, -0.2) is 0 Å². The minimum Gasteiger partial charge on any atom is -0.493 e. The zero-order valence-corrected chi connectivity index (χ0v) is 19.5. The van der Waals surface area contributed by atoms with Gasteiger partial charge in [0.2, 0.25) is 5.75 Å². The van der Waals surface area contributed by atoms with Crippen LogP contribution < -0.4 is 19.1 Å². The molecule has 0 radical (unpaired) electrons. The topological polar surface area (TPSA) is 51.2 Å². The number of benzene rings is 3. The van der Waals surface area contributed by atoms with Gasteiger partial charge in [0.25, 0.3) is 5.91 Å². The fourth-order valence-electron chi connectivity index (χ4n) is 3.71. The number of anilines is 2. The first-order valence-corrected chi connectivity index (χ1v) is 10.3. The molecule has 32 heavy (non-hydrogen) atoms. The summed E-state index contributed by atoms with van der Waals surface area (Å²) < 4.78 is 16.6. The molecule has 0 saturated heterocycles. The average Bonchev–Trinajstić information content (AvgIpc) is 2.81. The molecular formula is C26H30N2O4. The van der Waals surface area contributed by atoms with E-state index in [1.54, 1.807) is 40.3 Å². The number of carbonyl (C=O) groups is 1. The molecule has 0 N–H and O–H groups in total.